The largest absolute Gasteiger partial charge is 0.366 e. The minimum atomic E-state index is -0.0111. The van der Waals surface area contributed by atoms with Crippen LogP contribution in [0.15, 0.2) is 42.5 Å². The summed E-state index contributed by atoms with van der Waals surface area (Å²) in [5.74, 6) is 0. The third-order valence-electron chi connectivity index (χ3n) is 3.42. The van der Waals surface area contributed by atoms with E-state index >= 15 is 0 Å². The average Bonchev–Trinajstić information content (AvgIpc) is 2.43. The number of halogens is 2. The van der Waals surface area contributed by atoms with E-state index in [1.807, 2.05) is 25.2 Å². The summed E-state index contributed by atoms with van der Waals surface area (Å²) >= 11 is 12.4. The van der Waals surface area contributed by atoms with Gasteiger partial charge in [-0.25, -0.2) is 0 Å². The van der Waals surface area contributed by atoms with Crippen molar-refractivity contribution < 1.29 is 0 Å². The first-order chi connectivity index (χ1) is 9.52. The summed E-state index contributed by atoms with van der Waals surface area (Å²) in [6.45, 7) is 2.53. The van der Waals surface area contributed by atoms with Crippen molar-refractivity contribution in [2.75, 3.05) is 18.5 Å². The summed E-state index contributed by atoms with van der Waals surface area (Å²) in [5, 5.41) is 1.35. The van der Waals surface area contributed by atoms with E-state index in [0.29, 0.717) is 16.6 Å². The highest BCUT2D eigenvalue weighted by atomic mass is 35.5. The summed E-state index contributed by atoms with van der Waals surface area (Å²) < 4.78 is 0. The zero-order chi connectivity index (χ0) is 14.7. The van der Waals surface area contributed by atoms with Crippen LogP contribution in [-0.2, 0) is 0 Å². The smallest absolute Gasteiger partial charge is 0.0676 e. The Hall–Kier alpha value is -1.22. The Bertz CT molecular complexity index is 599. The number of likely N-dealkylation sites (N-methyl/N-ethyl adjacent to an activating group) is 1. The van der Waals surface area contributed by atoms with Gasteiger partial charge in [-0.2, -0.15) is 0 Å². The Morgan fingerprint density at radius 3 is 2.55 bits per heavy atom. The van der Waals surface area contributed by atoms with Crippen LogP contribution in [0.3, 0.4) is 0 Å². The van der Waals surface area contributed by atoms with Gasteiger partial charge >= 0.3 is 0 Å². The minimum Gasteiger partial charge on any atom is -0.366 e. The van der Waals surface area contributed by atoms with Gasteiger partial charge in [0.1, 0.15) is 0 Å². The van der Waals surface area contributed by atoms with Gasteiger partial charge in [-0.3, -0.25) is 0 Å². The van der Waals surface area contributed by atoms with Crippen LogP contribution in [0.4, 0.5) is 5.69 Å². The molecule has 1 atom stereocenters. The quantitative estimate of drug-likeness (QED) is 0.905. The molecular weight excluding hydrogens is 291 g/mol. The maximum absolute atomic E-state index is 6.29. The van der Waals surface area contributed by atoms with Crippen molar-refractivity contribution in [3.63, 3.8) is 0 Å². The average molecular weight is 309 g/mol. The fourth-order valence-electron chi connectivity index (χ4n) is 2.29. The lowest BCUT2D eigenvalue weighted by Gasteiger charge is -2.30. The van der Waals surface area contributed by atoms with Gasteiger partial charge in [0.25, 0.3) is 0 Å². The van der Waals surface area contributed by atoms with E-state index in [0.717, 1.165) is 11.3 Å². The van der Waals surface area contributed by atoms with Gasteiger partial charge < -0.3 is 10.6 Å². The molecule has 0 fully saturated rings. The lowest BCUT2D eigenvalue weighted by atomic mass is 10.0. The van der Waals surface area contributed by atoms with Gasteiger partial charge in [-0.05, 0) is 48.4 Å². The van der Waals surface area contributed by atoms with E-state index in [-0.39, 0.29) is 6.04 Å². The number of hydrogen-bond donors (Lipinski definition) is 1. The van der Waals surface area contributed by atoms with E-state index in [2.05, 4.69) is 30.0 Å². The lowest BCUT2D eigenvalue weighted by molar-refractivity contribution is 0.681. The fraction of sp³-hybridized carbons (Fsp3) is 0.250. The second-order valence-electron chi connectivity index (χ2n) is 4.87. The molecule has 0 saturated carbocycles. The van der Waals surface area contributed by atoms with E-state index in [1.165, 1.54) is 5.56 Å². The highest BCUT2D eigenvalue weighted by Gasteiger charge is 2.19. The van der Waals surface area contributed by atoms with Gasteiger partial charge in [0.2, 0.25) is 0 Å². The number of hydrogen-bond acceptors (Lipinski definition) is 2. The maximum Gasteiger partial charge on any atom is 0.0676 e. The zero-order valence-electron chi connectivity index (χ0n) is 11.6. The topological polar surface area (TPSA) is 29.3 Å². The zero-order valence-corrected chi connectivity index (χ0v) is 13.1. The summed E-state index contributed by atoms with van der Waals surface area (Å²) in [6, 6.07) is 13.8. The Morgan fingerprint density at radius 1 is 1.15 bits per heavy atom. The predicted molar refractivity (Wildman–Crippen MR) is 87.8 cm³/mol. The first-order valence-corrected chi connectivity index (χ1v) is 7.23. The standard InChI is InChI=1S/C16H18Cl2N2/c1-11-4-3-5-13(8-11)20(2)16(10-19)14-9-12(17)6-7-15(14)18/h3-9,16H,10,19H2,1-2H3. The van der Waals surface area contributed by atoms with E-state index in [9.17, 15) is 0 Å². The molecule has 0 aliphatic carbocycles. The van der Waals surface area contributed by atoms with Crippen molar-refractivity contribution in [2.45, 2.75) is 13.0 Å². The highest BCUT2D eigenvalue weighted by molar-refractivity contribution is 6.33. The summed E-state index contributed by atoms with van der Waals surface area (Å²) in [5.41, 5.74) is 9.22. The number of aryl methyl sites for hydroxylation is 1. The monoisotopic (exact) mass is 308 g/mol. The summed E-state index contributed by atoms with van der Waals surface area (Å²) in [7, 11) is 2.02. The lowest BCUT2D eigenvalue weighted by Crippen LogP contribution is -2.30. The molecule has 2 aromatic carbocycles. The molecule has 2 rings (SSSR count). The molecule has 4 heteroatoms. The third-order valence-corrected chi connectivity index (χ3v) is 4.00. The first kappa shape index (κ1) is 15.2. The van der Waals surface area contributed by atoms with Crippen molar-refractivity contribution in [3.8, 4) is 0 Å². The normalized spacial score (nSPS) is 12.2. The fourth-order valence-corrected chi connectivity index (χ4v) is 2.72. The van der Waals surface area contributed by atoms with Crippen LogP contribution in [-0.4, -0.2) is 13.6 Å². The molecule has 1 unspecified atom stereocenters. The molecule has 0 saturated heterocycles. The first-order valence-electron chi connectivity index (χ1n) is 6.47. The van der Waals surface area contributed by atoms with Crippen LogP contribution in [0.25, 0.3) is 0 Å². The Morgan fingerprint density at radius 2 is 1.90 bits per heavy atom. The third kappa shape index (κ3) is 3.26. The van der Waals surface area contributed by atoms with Crippen LogP contribution in [0.5, 0.6) is 0 Å². The van der Waals surface area contributed by atoms with E-state index in [4.69, 9.17) is 28.9 Å². The van der Waals surface area contributed by atoms with Gasteiger partial charge in [0.15, 0.2) is 0 Å². The number of anilines is 1. The predicted octanol–water partition coefficient (Wildman–Crippen LogP) is 4.44. The number of benzene rings is 2. The number of nitrogens with zero attached hydrogens (tertiary/aromatic N) is 1. The minimum absolute atomic E-state index is 0.0111. The van der Waals surface area contributed by atoms with Crippen molar-refractivity contribution in [1.29, 1.82) is 0 Å². The summed E-state index contributed by atoms with van der Waals surface area (Å²) in [6.07, 6.45) is 0. The highest BCUT2D eigenvalue weighted by Crippen LogP contribution is 2.31. The molecule has 0 aromatic heterocycles. The van der Waals surface area contributed by atoms with Crippen LogP contribution < -0.4 is 10.6 Å². The molecule has 0 aliphatic heterocycles. The summed E-state index contributed by atoms with van der Waals surface area (Å²) in [4.78, 5) is 2.13. The molecule has 2 nitrogen and oxygen atoms in total. The molecule has 0 aliphatic rings. The van der Waals surface area contributed by atoms with Crippen molar-refractivity contribution in [1.82, 2.24) is 0 Å². The molecule has 0 bridgehead atoms. The molecule has 0 amide bonds. The SMILES string of the molecule is Cc1cccc(N(C)C(CN)c2cc(Cl)ccc2Cl)c1. The maximum atomic E-state index is 6.29. The molecule has 0 spiro atoms. The van der Waals surface area contributed by atoms with Crippen LogP contribution >= 0.6 is 23.2 Å². The van der Waals surface area contributed by atoms with Crippen molar-refractivity contribution >= 4 is 28.9 Å². The Kier molecular flexibility index (Phi) is 4.92. The Balaban J connectivity index is 2.39. The van der Waals surface area contributed by atoms with Crippen molar-refractivity contribution in [3.05, 3.63) is 63.6 Å². The van der Waals surface area contributed by atoms with E-state index < -0.39 is 0 Å². The van der Waals surface area contributed by atoms with E-state index in [1.54, 1.807) is 6.07 Å². The second kappa shape index (κ2) is 6.49. The number of rotatable bonds is 4. The second-order valence-corrected chi connectivity index (χ2v) is 5.71. The van der Waals surface area contributed by atoms with Crippen LogP contribution in [0.1, 0.15) is 17.2 Å². The Labute approximate surface area is 130 Å². The van der Waals surface area contributed by atoms with Crippen molar-refractivity contribution in [2.24, 2.45) is 5.73 Å². The molecule has 0 heterocycles. The molecule has 106 valence electrons. The van der Waals surface area contributed by atoms with Gasteiger partial charge in [0.05, 0.1) is 6.04 Å². The van der Waals surface area contributed by atoms with Gasteiger partial charge in [-0.1, -0.05) is 35.3 Å². The van der Waals surface area contributed by atoms with Crippen LogP contribution in [0, 0.1) is 6.92 Å². The molecule has 0 radical (unpaired) electrons. The molecule has 2 N–H and O–H groups in total. The van der Waals surface area contributed by atoms with Gasteiger partial charge in [0, 0.05) is 29.3 Å². The van der Waals surface area contributed by atoms with Crippen LogP contribution in [0.2, 0.25) is 10.0 Å². The molecule has 2 aromatic rings. The number of nitrogens with two attached hydrogens (primary N) is 1. The molecular formula is C16H18Cl2N2. The van der Waals surface area contributed by atoms with Gasteiger partial charge in [-0.15, -0.1) is 0 Å². The molecule has 20 heavy (non-hydrogen) atoms.